The monoisotopic (exact) mass is 254 g/mol. The van der Waals surface area contributed by atoms with E-state index in [9.17, 15) is 9.59 Å². The topological polar surface area (TPSA) is 80.9 Å². The highest BCUT2D eigenvalue weighted by Gasteiger charge is 2.11. The van der Waals surface area contributed by atoms with E-state index in [-0.39, 0.29) is 5.75 Å². The number of aromatic nitrogens is 2. The Kier molecular flexibility index (Phi) is 2.72. The first-order valence-corrected chi connectivity index (χ1v) is 4.95. The molecule has 17 heavy (non-hydrogen) atoms. The lowest BCUT2D eigenvalue weighted by atomic mass is 10.3. The van der Waals surface area contributed by atoms with Crippen molar-refractivity contribution in [1.29, 1.82) is 0 Å². The van der Waals surface area contributed by atoms with Crippen LogP contribution in [0.2, 0.25) is 5.02 Å². The molecule has 7 heteroatoms. The van der Waals surface area contributed by atoms with Crippen molar-refractivity contribution < 1.29 is 14.6 Å². The summed E-state index contributed by atoms with van der Waals surface area (Å²) >= 11 is 5.81. The summed E-state index contributed by atoms with van der Waals surface area (Å²) in [4.78, 5) is 26.2. The first-order chi connectivity index (χ1) is 7.99. The molecular weight excluding hydrogens is 248 g/mol. The van der Waals surface area contributed by atoms with E-state index in [1.54, 1.807) is 13.0 Å². The van der Waals surface area contributed by atoms with Gasteiger partial charge in [-0.2, -0.15) is 0 Å². The molecule has 2 aromatic heterocycles. The lowest BCUT2D eigenvalue weighted by Gasteiger charge is -2.05. The van der Waals surface area contributed by atoms with Gasteiger partial charge in [0.25, 0.3) is 0 Å². The van der Waals surface area contributed by atoms with Crippen molar-refractivity contribution in [2.24, 2.45) is 0 Å². The van der Waals surface area contributed by atoms with E-state index in [0.29, 0.717) is 16.2 Å². The van der Waals surface area contributed by atoms with Crippen LogP contribution in [-0.4, -0.2) is 20.6 Å². The second-order valence-corrected chi connectivity index (χ2v) is 3.77. The van der Waals surface area contributed by atoms with Gasteiger partial charge < -0.3 is 9.84 Å². The summed E-state index contributed by atoms with van der Waals surface area (Å²) in [6.07, 6.45) is 0.864. The Morgan fingerprint density at radius 2 is 2.29 bits per heavy atom. The average molecular weight is 255 g/mol. The summed E-state index contributed by atoms with van der Waals surface area (Å²) in [6.45, 7) is 1.74. The molecule has 2 heterocycles. The molecule has 6 nitrogen and oxygen atoms in total. The van der Waals surface area contributed by atoms with E-state index in [1.165, 1.54) is 6.20 Å². The Hall–Kier alpha value is -2.08. The van der Waals surface area contributed by atoms with E-state index in [4.69, 9.17) is 16.7 Å². The molecule has 0 aliphatic carbocycles. The molecule has 88 valence electrons. The molecule has 2 aromatic rings. The lowest BCUT2D eigenvalue weighted by molar-refractivity contribution is 0.143. The third-order valence-corrected chi connectivity index (χ3v) is 2.33. The Labute approximate surface area is 100 Å². The largest absolute Gasteiger partial charge is 0.511 e. The highest BCUT2D eigenvalue weighted by molar-refractivity contribution is 6.30. The van der Waals surface area contributed by atoms with Gasteiger partial charge in [0.15, 0.2) is 0 Å². The molecule has 0 spiro atoms. The number of carbonyl (C=O) groups is 1. The van der Waals surface area contributed by atoms with Gasteiger partial charge in [0.2, 0.25) is 5.75 Å². The Morgan fingerprint density at radius 3 is 2.94 bits per heavy atom. The number of pyridine rings is 1. The fourth-order valence-corrected chi connectivity index (χ4v) is 1.72. The maximum atomic E-state index is 11.8. The fraction of sp³-hybridized carbons (Fsp3) is 0.100. The van der Waals surface area contributed by atoms with E-state index >= 15 is 0 Å². The number of nitrogens with zero attached hydrogens (tertiary/aromatic N) is 2. The summed E-state index contributed by atoms with van der Waals surface area (Å²) in [5.41, 5.74) is 0.483. The van der Waals surface area contributed by atoms with Crippen LogP contribution in [0.3, 0.4) is 0 Å². The van der Waals surface area contributed by atoms with Crippen molar-refractivity contribution in [2.75, 3.05) is 0 Å². The fourth-order valence-electron chi connectivity index (χ4n) is 1.46. The van der Waals surface area contributed by atoms with Crippen LogP contribution in [0.1, 0.15) is 5.56 Å². The standard InChI is InChI=1S/C10H7ClN2O4/c1-5-2-6(11)4-13-8(5)12-3-7(9(13)14)17-10(15)16/h2-4H,1H3,(H,15,16). The summed E-state index contributed by atoms with van der Waals surface area (Å²) in [5, 5.41) is 8.80. The van der Waals surface area contributed by atoms with E-state index in [0.717, 1.165) is 10.6 Å². The van der Waals surface area contributed by atoms with Crippen LogP contribution >= 0.6 is 11.6 Å². The number of fused-ring (bicyclic) bond motifs is 1. The van der Waals surface area contributed by atoms with E-state index in [1.807, 2.05) is 0 Å². The van der Waals surface area contributed by atoms with Gasteiger partial charge in [-0.05, 0) is 18.6 Å². The highest BCUT2D eigenvalue weighted by atomic mass is 35.5. The van der Waals surface area contributed by atoms with Gasteiger partial charge in [-0.3, -0.25) is 9.20 Å². The molecule has 0 radical (unpaired) electrons. The predicted octanol–water partition coefficient (Wildman–Crippen LogP) is 1.71. The van der Waals surface area contributed by atoms with Gasteiger partial charge in [0.1, 0.15) is 5.65 Å². The molecule has 0 atom stereocenters. The SMILES string of the molecule is Cc1cc(Cl)cn2c(=O)c(OC(=O)O)cnc12. The molecule has 0 saturated heterocycles. The number of aryl methyl sites for hydroxylation is 1. The zero-order valence-electron chi connectivity index (χ0n) is 8.68. The molecule has 0 aliphatic rings. The van der Waals surface area contributed by atoms with Crippen molar-refractivity contribution in [3.8, 4) is 5.75 Å². The van der Waals surface area contributed by atoms with Crippen LogP contribution in [0.4, 0.5) is 4.79 Å². The van der Waals surface area contributed by atoms with Crippen molar-refractivity contribution in [1.82, 2.24) is 9.38 Å². The van der Waals surface area contributed by atoms with Crippen LogP contribution in [0, 0.1) is 6.92 Å². The molecule has 0 aliphatic heterocycles. The summed E-state index contributed by atoms with van der Waals surface area (Å²) in [7, 11) is 0. The van der Waals surface area contributed by atoms with Crippen LogP contribution in [0.25, 0.3) is 5.65 Å². The van der Waals surface area contributed by atoms with Crippen molar-refractivity contribution >= 4 is 23.4 Å². The number of ether oxygens (including phenoxy) is 1. The third kappa shape index (κ3) is 2.07. The van der Waals surface area contributed by atoms with Crippen LogP contribution in [0.15, 0.2) is 23.3 Å². The molecule has 0 unspecified atom stereocenters. The Morgan fingerprint density at radius 1 is 1.59 bits per heavy atom. The number of halogens is 1. The van der Waals surface area contributed by atoms with Gasteiger partial charge in [0.05, 0.1) is 11.2 Å². The molecular formula is C10H7ClN2O4. The van der Waals surface area contributed by atoms with Crippen molar-refractivity contribution in [2.45, 2.75) is 6.92 Å². The Balaban J connectivity index is 2.75. The minimum absolute atomic E-state index is 0.353. The molecule has 0 saturated carbocycles. The smallest absolute Gasteiger partial charge is 0.449 e. The summed E-state index contributed by atoms with van der Waals surface area (Å²) in [6, 6.07) is 1.65. The molecule has 2 rings (SSSR count). The Bertz CT molecular complexity index is 665. The van der Waals surface area contributed by atoms with Gasteiger partial charge in [-0.15, -0.1) is 0 Å². The first-order valence-electron chi connectivity index (χ1n) is 4.57. The van der Waals surface area contributed by atoms with E-state index in [2.05, 4.69) is 9.72 Å². The van der Waals surface area contributed by atoms with Crippen molar-refractivity contribution in [3.63, 3.8) is 0 Å². The minimum Gasteiger partial charge on any atom is -0.449 e. The van der Waals surface area contributed by atoms with Crippen LogP contribution in [0.5, 0.6) is 5.75 Å². The van der Waals surface area contributed by atoms with Gasteiger partial charge in [-0.1, -0.05) is 11.6 Å². The number of hydrogen-bond acceptors (Lipinski definition) is 4. The molecule has 0 aromatic carbocycles. The first kappa shape index (κ1) is 11.4. The maximum absolute atomic E-state index is 11.8. The van der Waals surface area contributed by atoms with E-state index < -0.39 is 11.7 Å². The minimum atomic E-state index is -1.57. The highest BCUT2D eigenvalue weighted by Crippen LogP contribution is 2.14. The molecule has 0 bridgehead atoms. The zero-order chi connectivity index (χ0) is 12.6. The van der Waals surface area contributed by atoms with Crippen LogP contribution in [-0.2, 0) is 0 Å². The molecule has 0 fully saturated rings. The van der Waals surface area contributed by atoms with Gasteiger partial charge in [0, 0.05) is 6.20 Å². The second kappa shape index (κ2) is 4.06. The normalized spacial score (nSPS) is 10.5. The maximum Gasteiger partial charge on any atom is 0.511 e. The zero-order valence-corrected chi connectivity index (χ0v) is 9.43. The molecule has 0 amide bonds. The number of carboxylic acid groups (broad SMARTS) is 1. The van der Waals surface area contributed by atoms with Crippen molar-refractivity contribution in [3.05, 3.63) is 39.4 Å². The quantitative estimate of drug-likeness (QED) is 0.784. The number of hydrogen-bond donors (Lipinski definition) is 1. The average Bonchev–Trinajstić information content (AvgIpc) is 2.22. The number of rotatable bonds is 1. The lowest BCUT2D eigenvalue weighted by Crippen LogP contribution is -2.20. The van der Waals surface area contributed by atoms with Gasteiger partial charge >= 0.3 is 11.7 Å². The van der Waals surface area contributed by atoms with Crippen LogP contribution < -0.4 is 10.3 Å². The predicted molar refractivity (Wildman–Crippen MR) is 59.9 cm³/mol. The summed E-state index contributed by atoms with van der Waals surface area (Å²) in [5.74, 6) is -0.364. The third-order valence-electron chi connectivity index (χ3n) is 2.12. The summed E-state index contributed by atoms with van der Waals surface area (Å²) < 4.78 is 5.46. The second-order valence-electron chi connectivity index (χ2n) is 3.33. The molecule has 1 N–H and O–H groups in total. The van der Waals surface area contributed by atoms with Gasteiger partial charge in [-0.25, -0.2) is 9.78 Å².